The Labute approximate surface area is 186 Å². The van der Waals surface area contributed by atoms with Gasteiger partial charge in [-0.1, -0.05) is 37.3 Å². The standard InChI is InChI=1S/C26H24FN3O2/c1-18-12-25-21(15-28-30(25)23-10-8-22(27)9-11-23)14-24(18)19(2)13-26(32)29(17-31)16-20-6-4-3-5-7-20/h3-12,14-15,17,19H,13,16H2,1-2H3. The van der Waals surface area contributed by atoms with Crippen LogP contribution in [0, 0.1) is 12.7 Å². The number of carbonyl (C=O) groups is 2. The number of hydrogen-bond donors (Lipinski definition) is 0. The van der Waals surface area contributed by atoms with E-state index in [1.54, 1.807) is 23.0 Å². The van der Waals surface area contributed by atoms with E-state index >= 15 is 0 Å². The molecule has 1 heterocycles. The second kappa shape index (κ2) is 9.14. The van der Waals surface area contributed by atoms with Crippen LogP contribution < -0.4 is 0 Å². The van der Waals surface area contributed by atoms with Crippen molar-refractivity contribution in [2.75, 3.05) is 0 Å². The highest BCUT2D eigenvalue weighted by Crippen LogP contribution is 2.29. The van der Waals surface area contributed by atoms with Crippen molar-refractivity contribution in [2.24, 2.45) is 0 Å². The molecular formula is C26H24FN3O2. The third-order valence-electron chi connectivity index (χ3n) is 5.68. The van der Waals surface area contributed by atoms with Crippen LogP contribution in [0.15, 0.2) is 72.9 Å². The second-order valence-corrected chi connectivity index (χ2v) is 8.02. The van der Waals surface area contributed by atoms with Gasteiger partial charge in [-0.05, 0) is 65.9 Å². The third-order valence-corrected chi connectivity index (χ3v) is 5.68. The van der Waals surface area contributed by atoms with E-state index in [9.17, 15) is 14.0 Å². The van der Waals surface area contributed by atoms with Crippen molar-refractivity contribution in [3.05, 3.63) is 95.4 Å². The number of fused-ring (bicyclic) bond motifs is 1. The Morgan fingerprint density at radius 1 is 1.12 bits per heavy atom. The molecule has 0 fully saturated rings. The summed E-state index contributed by atoms with van der Waals surface area (Å²) in [5.41, 5.74) is 4.66. The monoisotopic (exact) mass is 429 g/mol. The molecular weight excluding hydrogens is 405 g/mol. The summed E-state index contributed by atoms with van der Waals surface area (Å²) < 4.78 is 15.0. The first-order valence-corrected chi connectivity index (χ1v) is 10.5. The smallest absolute Gasteiger partial charge is 0.229 e. The maximum atomic E-state index is 13.3. The van der Waals surface area contributed by atoms with Gasteiger partial charge in [-0.25, -0.2) is 9.07 Å². The summed E-state index contributed by atoms with van der Waals surface area (Å²) in [6, 6.07) is 19.7. The molecule has 1 atom stereocenters. The number of amides is 2. The Balaban J connectivity index is 1.55. The molecule has 4 aromatic rings. The molecule has 162 valence electrons. The van der Waals surface area contributed by atoms with E-state index in [4.69, 9.17) is 0 Å². The van der Waals surface area contributed by atoms with Crippen molar-refractivity contribution >= 4 is 23.2 Å². The normalized spacial score (nSPS) is 12.0. The lowest BCUT2D eigenvalue weighted by molar-refractivity contribution is -0.139. The Kier molecular flexibility index (Phi) is 6.12. The number of rotatable bonds is 7. The molecule has 0 saturated carbocycles. The zero-order chi connectivity index (χ0) is 22.7. The predicted octanol–water partition coefficient (Wildman–Crippen LogP) is 5.15. The summed E-state index contributed by atoms with van der Waals surface area (Å²) >= 11 is 0. The highest BCUT2D eigenvalue weighted by atomic mass is 19.1. The fourth-order valence-corrected chi connectivity index (χ4v) is 3.97. The number of hydrogen-bond acceptors (Lipinski definition) is 3. The Bertz CT molecular complexity index is 1250. The molecule has 32 heavy (non-hydrogen) atoms. The van der Waals surface area contributed by atoms with E-state index in [0.29, 0.717) is 6.41 Å². The van der Waals surface area contributed by atoms with E-state index in [0.717, 1.165) is 33.3 Å². The van der Waals surface area contributed by atoms with Gasteiger partial charge in [-0.3, -0.25) is 14.5 Å². The summed E-state index contributed by atoms with van der Waals surface area (Å²) in [6.07, 6.45) is 2.60. The number of imide groups is 1. The van der Waals surface area contributed by atoms with E-state index in [2.05, 4.69) is 5.10 Å². The van der Waals surface area contributed by atoms with Gasteiger partial charge in [0.1, 0.15) is 5.82 Å². The van der Waals surface area contributed by atoms with Crippen LogP contribution in [0.1, 0.15) is 36.0 Å². The Hall–Kier alpha value is -3.80. The first-order chi connectivity index (χ1) is 15.5. The number of halogens is 1. The predicted molar refractivity (Wildman–Crippen MR) is 122 cm³/mol. The van der Waals surface area contributed by atoms with Crippen LogP contribution in [0.3, 0.4) is 0 Å². The van der Waals surface area contributed by atoms with E-state index in [1.165, 1.54) is 17.0 Å². The van der Waals surface area contributed by atoms with Gasteiger partial charge in [0.2, 0.25) is 12.3 Å². The molecule has 0 aliphatic rings. The fourth-order valence-electron chi connectivity index (χ4n) is 3.97. The number of aryl methyl sites for hydroxylation is 1. The van der Waals surface area contributed by atoms with Crippen LogP contribution in [0.2, 0.25) is 0 Å². The van der Waals surface area contributed by atoms with Crippen molar-refractivity contribution < 1.29 is 14.0 Å². The van der Waals surface area contributed by atoms with Gasteiger partial charge in [0.05, 0.1) is 23.9 Å². The summed E-state index contributed by atoms with van der Waals surface area (Å²) in [7, 11) is 0. The maximum absolute atomic E-state index is 13.3. The highest BCUT2D eigenvalue weighted by molar-refractivity contribution is 5.87. The maximum Gasteiger partial charge on any atom is 0.229 e. The first-order valence-electron chi connectivity index (χ1n) is 10.5. The molecule has 0 saturated heterocycles. The van der Waals surface area contributed by atoms with Crippen LogP contribution in [0.5, 0.6) is 0 Å². The van der Waals surface area contributed by atoms with Crippen LogP contribution in [0.4, 0.5) is 4.39 Å². The van der Waals surface area contributed by atoms with Crippen molar-refractivity contribution in [2.45, 2.75) is 32.7 Å². The Morgan fingerprint density at radius 2 is 1.84 bits per heavy atom. The first kappa shape index (κ1) is 21.4. The van der Waals surface area contributed by atoms with Gasteiger partial charge in [0, 0.05) is 11.8 Å². The highest BCUT2D eigenvalue weighted by Gasteiger charge is 2.20. The Morgan fingerprint density at radius 3 is 2.53 bits per heavy atom. The molecule has 6 heteroatoms. The van der Waals surface area contributed by atoms with Gasteiger partial charge >= 0.3 is 0 Å². The molecule has 0 radical (unpaired) electrons. The van der Waals surface area contributed by atoms with Gasteiger partial charge in [0.15, 0.2) is 0 Å². The van der Waals surface area contributed by atoms with E-state index in [-0.39, 0.29) is 30.6 Å². The average molecular weight is 429 g/mol. The summed E-state index contributed by atoms with van der Waals surface area (Å²) in [6.45, 7) is 4.25. The third kappa shape index (κ3) is 4.44. The zero-order valence-electron chi connectivity index (χ0n) is 18.0. The van der Waals surface area contributed by atoms with Gasteiger partial charge in [-0.15, -0.1) is 0 Å². The molecule has 1 unspecified atom stereocenters. The summed E-state index contributed by atoms with van der Waals surface area (Å²) in [4.78, 5) is 25.6. The minimum absolute atomic E-state index is 0.0701. The van der Waals surface area contributed by atoms with Crippen molar-refractivity contribution in [1.29, 1.82) is 0 Å². The summed E-state index contributed by atoms with van der Waals surface area (Å²) in [5, 5.41) is 5.39. The molecule has 0 aliphatic heterocycles. The number of benzene rings is 3. The minimum Gasteiger partial charge on any atom is -0.281 e. The number of carbonyl (C=O) groups excluding carboxylic acids is 2. The second-order valence-electron chi connectivity index (χ2n) is 8.02. The lowest BCUT2D eigenvalue weighted by Crippen LogP contribution is -2.30. The van der Waals surface area contributed by atoms with E-state index in [1.807, 2.05) is 56.3 Å². The summed E-state index contributed by atoms with van der Waals surface area (Å²) in [5.74, 6) is -0.573. The zero-order valence-corrected chi connectivity index (χ0v) is 18.0. The largest absolute Gasteiger partial charge is 0.281 e. The van der Waals surface area contributed by atoms with Gasteiger partial charge in [-0.2, -0.15) is 5.10 Å². The molecule has 4 rings (SSSR count). The molecule has 5 nitrogen and oxygen atoms in total. The number of aromatic nitrogens is 2. The molecule has 0 aliphatic carbocycles. The molecule has 0 spiro atoms. The topological polar surface area (TPSA) is 55.2 Å². The van der Waals surface area contributed by atoms with Gasteiger partial charge in [0.25, 0.3) is 0 Å². The van der Waals surface area contributed by atoms with Crippen LogP contribution in [-0.4, -0.2) is 27.0 Å². The van der Waals surface area contributed by atoms with Crippen molar-refractivity contribution in [3.8, 4) is 5.69 Å². The van der Waals surface area contributed by atoms with E-state index < -0.39 is 0 Å². The quantitative estimate of drug-likeness (QED) is 0.382. The molecule has 2 amide bonds. The van der Waals surface area contributed by atoms with Crippen LogP contribution >= 0.6 is 0 Å². The lowest BCUT2D eigenvalue weighted by Gasteiger charge is -2.20. The molecule has 1 aromatic heterocycles. The fraction of sp³-hybridized carbons (Fsp3) is 0.192. The SMILES string of the molecule is Cc1cc2c(cnn2-c2ccc(F)cc2)cc1C(C)CC(=O)N(C=O)Cc1ccccc1. The average Bonchev–Trinajstić information content (AvgIpc) is 3.20. The molecule has 3 aromatic carbocycles. The molecule has 0 N–H and O–H groups in total. The van der Waals surface area contributed by atoms with Crippen molar-refractivity contribution in [1.82, 2.24) is 14.7 Å². The van der Waals surface area contributed by atoms with Crippen LogP contribution in [0.25, 0.3) is 16.6 Å². The minimum atomic E-state index is -0.293. The molecule has 0 bridgehead atoms. The van der Waals surface area contributed by atoms with Crippen molar-refractivity contribution in [3.63, 3.8) is 0 Å². The van der Waals surface area contributed by atoms with Gasteiger partial charge < -0.3 is 0 Å². The van der Waals surface area contributed by atoms with Crippen LogP contribution in [-0.2, 0) is 16.1 Å². The number of nitrogens with zero attached hydrogens (tertiary/aromatic N) is 3. The lowest BCUT2D eigenvalue weighted by atomic mass is 9.92.